The van der Waals surface area contributed by atoms with E-state index in [1.54, 1.807) is 18.2 Å². The van der Waals surface area contributed by atoms with E-state index in [1.165, 1.54) is 0 Å². The summed E-state index contributed by atoms with van der Waals surface area (Å²) in [6, 6.07) is 12.9. The Morgan fingerprint density at radius 2 is 1.96 bits per heavy atom. The van der Waals surface area contributed by atoms with Gasteiger partial charge in [0.1, 0.15) is 5.75 Å². The first kappa shape index (κ1) is 17.6. The molecule has 0 saturated carbocycles. The van der Waals surface area contributed by atoms with Gasteiger partial charge in [-0.25, -0.2) is 0 Å². The van der Waals surface area contributed by atoms with E-state index in [9.17, 15) is 4.79 Å². The van der Waals surface area contributed by atoms with Gasteiger partial charge in [-0.2, -0.15) is 0 Å². The lowest BCUT2D eigenvalue weighted by molar-refractivity contribution is -0.116. The summed E-state index contributed by atoms with van der Waals surface area (Å²) >= 11 is 11.9. The number of rotatable bonds is 7. The van der Waals surface area contributed by atoms with Crippen molar-refractivity contribution in [3.63, 3.8) is 0 Å². The minimum atomic E-state index is -0.0169. The van der Waals surface area contributed by atoms with Crippen molar-refractivity contribution < 1.29 is 9.53 Å². The molecule has 0 aliphatic rings. The highest BCUT2D eigenvalue weighted by Gasteiger charge is 2.06. The third-order valence-electron chi connectivity index (χ3n) is 3.37. The van der Waals surface area contributed by atoms with Gasteiger partial charge in [-0.15, -0.1) is 0 Å². The summed E-state index contributed by atoms with van der Waals surface area (Å²) in [6.07, 6.45) is 1.89. The largest absolute Gasteiger partial charge is 0.492 e. The van der Waals surface area contributed by atoms with Gasteiger partial charge in [-0.1, -0.05) is 48.3 Å². The molecule has 0 aromatic heterocycles. The van der Waals surface area contributed by atoms with Crippen molar-refractivity contribution in [3.8, 4) is 5.75 Å². The van der Waals surface area contributed by atoms with Gasteiger partial charge in [0, 0.05) is 17.1 Å². The fourth-order valence-electron chi connectivity index (χ4n) is 2.17. The Morgan fingerprint density at radius 1 is 1.17 bits per heavy atom. The minimum Gasteiger partial charge on any atom is -0.492 e. The van der Waals surface area contributed by atoms with Crippen LogP contribution in [-0.4, -0.2) is 12.5 Å². The molecule has 122 valence electrons. The van der Waals surface area contributed by atoms with E-state index in [4.69, 9.17) is 27.9 Å². The number of para-hydroxylation sites is 1. The summed E-state index contributed by atoms with van der Waals surface area (Å²) in [5.74, 6) is 0.560. The normalized spacial score (nSPS) is 10.4. The van der Waals surface area contributed by atoms with Crippen LogP contribution in [-0.2, 0) is 11.2 Å². The molecule has 0 aliphatic heterocycles. The predicted molar refractivity (Wildman–Crippen MR) is 95.6 cm³/mol. The number of carbonyl (C=O) groups is 1. The summed E-state index contributed by atoms with van der Waals surface area (Å²) in [5, 5.41) is 3.98. The van der Waals surface area contributed by atoms with Gasteiger partial charge in [0.25, 0.3) is 0 Å². The highest BCUT2D eigenvalue weighted by molar-refractivity contribution is 6.35. The molecule has 5 heteroatoms. The van der Waals surface area contributed by atoms with Crippen LogP contribution in [0, 0.1) is 0 Å². The molecule has 0 spiro atoms. The molecule has 0 bridgehead atoms. The topological polar surface area (TPSA) is 38.3 Å². The van der Waals surface area contributed by atoms with Crippen LogP contribution in [0.4, 0.5) is 5.69 Å². The third-order valence-corrected chi connectivity index (χ3v) is 3.90. The number of anilines is 1. The van der Waals surface area contributed by atoms with Crippen molar-refractivity contribution in [1.82, 2.24) is 0 Å². The van der Waals surface area contributed by atoms with Crippen LogP contribution in [0.3, 0.4) is 0 Å². The van der Waals surface area contributed by atoms with E-state index in [2.05, 4.69) is 12.2 Å². The fourth-order valence-corrected chi connectivity index (χ4v) is 2.63. The maximum atomic E-state index is 12.0. The van der Waals surface area contributed by atoms with Crippen LogP contribution in [0.2, 0.25) is 10.0 Å². The molecule has 0 unspecified atom stereocenters. The molecule has 1 N–H and O–H groups in total. The standard InChI is InChI=1S/C18H19Cl2NO2/c1-2-13-6-3-4-7-16(13)21-18(22)8-5-11-23-17-10-9-14(19)12-15(17)20/h3-4,6-7,9-10,12H,2,5,8,11H2,1H3,(H,21,22). The van der Waals surface area contributed by atoms with Crippen LogP contribution in [0.1, 0.15) is 25.3 Å². The smallest absolute Gasteiger partial charge is 0.224 e. The number of carbonyl (C=O) groups excluding carboxylic acids is 1. The minimum absolute atomic E-state index is 0.0169. The maximum Gasteiger partial charge on any atom is 0.224 e. The van der Waals surface area contributed by atoms with Gasteiger partial charge in [-0.3, -0.25) is 4.79 Å². The number of halogens is 2. The zero-order chi connectivity index (χ0) is 16.7. The molecular formula is C18H19Cl2NO2. The average Bonchev–Trinajstić information content (AvgIpc) is 2.53. The van der Waals surface area contributed by atoms with E-state index >= 15 is 0 Å². The van der Waals surface area contributed by atoms with Crippen molar-refractivity contribution in [2.75, 3.05) is 11.9 Å². The summed E-state index contributed by atoms with van der Waals surface area (Å²) < 4.78 is 5.57. The SMILES string of the molecule is CCc1ccccc1NC(=O)CCCOc1ccc(Cl)cc1Cl. The Morgan fingerprint density at radius 3 is 2.70 bits per heavy atom. The molecule has 0 radical (unpaired) electrons. The monoisotopic (exact) mass is 351 g/mol. The highest BCUT2D eigenvalue weighted by Crippen LogP contribution is 2.27. The second-order valence-corrected chi connectivity index (χ2v) is 5.93. The second kappa shape index (κ2) is 8.80. The van der Waals surface area contributed by atoms with Crippen LogP contribution in [0.5, 0.6) is 5.75 Å². The van der Waals surface area contributed by atoms with Crippen LogP contribution in [0.25, 0.3) is 0 Å². The number of amides is 1. The molecule has 3 nitrogen and oxygen atoms in total. The second-order valence-electron chi connectivity index (χ2n) is 5.09. The number of nitrogens with one attached hydrogen (secondary N) is 1. The van der Waals surface area contributed by atoms with Gasteiger partial charge < -0.3 is 10.1 Å². The molecule has 1 amide bonds. The van der Waals surface area contributed by atoms with Gasteiger partial charge in [0.2, 0.25) is 5.91 Å². The van der Waals surface area contributed by atoms with Crippen LogP contribution < -0.4 is 10.1 Å². The summed E-state index contributed by atoms with van der Waals surface area (Å²) in [4.78, 5) is 12.0. The van der Waals surface area contributed by atoms with Crippen molar-refractivity contribution in [3.05, 3.63) is 58.1 Å². The van der Waals surface area contributed by atoms with Gasteiger partial charge in [-0.05, 0) is 42.7 Å². The lowest BCUT2D eigenvalue weighted by Gasteiger charge is -2.10. The molecular weight excluding hydrogens is 333 g/mol. The van der Waals surface area contributed by atoms with E-state index in [-0.39, 0.29) is 5.91 Å². The molecule has 0 saturated heterocycles. The quantitative estimate of drug-likeness (QED) is 0.682. The molecule has 0 fully saturated rings. The first-order valence-electron chi connectivity index (χ1n) is 7.55. The highest BCUT2D eigenvalue weighted by atomic mass is 35.5. The first-order chi connectivity index (χ1) is 11.1. The third kappa shape index (κ3) is 5.45. The van der Waals surface area contributed by atoms with Gasteiger partial charge in [0.05, 0.1) is 11.6 Å². The molecule has 0 heterocycles. The molecule has 2 aromatic rings. The van der Waals surface area contributed by atoms with E-state index in [0.717, 1.165) is 17.7 Å². The number of benzene rings is 2. The first-order valence-corrected chi connectivity index (χ1v) is 8.31. The fraction of sp³-hybridized carbons (Fsp3) is 0.278. The van der Waals surface area contributed by atoms with Crippen LogP contribution >= 0.6 is 23.2 Å². The molecule has 0 atom stereocenters. The Balaban J connectivity index is 1.76. The van der Waals surface area contributed by atoms with Crippen LogP contribution in [0.15, 0.2) is 42.5 Å². The lowest BCUT2D eigenvalue weighted by Crippen LogP contribution is -2.14. The van der Waals surface area contributed by atoms with Gasteiger partial charge >= 0.3 is 0 Å². The Hall–Kier alpha value is -1.71. The number of hydrogen-bond acceptors (Lipinski definition) is 2. The van der Waals surface area contributed by atoms with Crippen molar-refractivity contribution in [2.24, 2.45) is 0 Å². The molecule has 2 rings (SSSR count). The van der Waals surface area contributed by atoms with Crippen molar-refractivity contribution in [1.29, 1.82) is 0 Å². The lowest BCUT2D eigenvalue weighted by atomic mass is 10.1. The van der Waals surface area contributed by atoms with Crippen molar-refractivity contribution in [2.45, 2.75) is 26.2 Å². The molecule has 23 heavy (non-hydrogen) atoms. The Kier molecular flexibility index (Phi) is 6.75. The predicted octanol–water partition coefficient (Wildman–Crippen LogP) is 5.35. The summed E-state index contributed by atoms with van der Waals surface area (Å²) in [7, 11) is 0. The number of aryl methyl sites for hydroxylation is 1. The van der Waals surface area contributed by atoms with E-state index < -0.39 is 0 Å². The Labute approximate surface area is 146 Å². The van der Waals surface area contributed by atoms with Crippen molar-refractivity contribution >= 4 is 34.8 Å². The maximum absolute atomic E-state index is 12.0. The Bertz CT molecular complexity index is 674. The van der Waals surface area contributed by atoms with E-state index in [1.807, 2.05) is 24.3 Å². The zero-order valence-electron chi connectivity index (χ0n) is 12.9. The number of ether oxygens (including phenoxy) is 1. The summed E-state index contributed by atoms with van der Waals surface area (Å²) in [6.45, 7) is 2.49. The molecule has 0 aliphatic carbocycles. The summed E-state index contributed by atoms with van der Waals surface area (Å²) in [5.41, 5.74) is 2.01. The number of hydrogen-bond donors (Lipinski definition) is 1. The van der Waals surface area contributed by atoms with Gasteiger partial charge in [0.15, 0.2) is 0 Å². The van der Waals surface area contributed by atoms with E-state index in [0.29, 0.717) is 35.2 Å². The zero-order valence-corrected chi connectivity index (χ0v) is 14.5. The average molecular weight is 352 g/mol. The molecule has 2 aromatic carbocycles.